The van der Waals surface area contributed by atoms with Gasteiger partial charge in [-0.3, -0.25) is 0 Å². The lowest BCUT2D eigenvalue weighted by Gasteiger charge is -2.18. The molecular weight excluding hydrogens is 250 g/mol. The number of aryl methyl sites for hydroxylation is 1. The van der Waals surface area contributed by atoms with E-state index in [1.54, 1.807) is 0 Å². The maximum atomic E-state index is 12.0. The summed E-state index contributed by atoms with van der Waals surface area (Å²) in [7, 11) is 0. The number of hydrogen-bond acceptors (Lipinski definition) is 5. The monoisotopic (exact) mass is 265 g/mol. The first-order valence-corrected chi connectivity index (χ1v) is 6.44. The zero-order chi connectivity index (χ0) is 13.3. The summed E-state index contributed by atoms with van der Waals surface area (Å²) in [5, 5.41) is 12.4. The van der Waals surface area contributed by atoms with Crippen LogP contribution >= 0.6 is 11.3 Å². The summed E-state index contributed by atoms with van der Waals surface area (Å²) >= 11 is 1.53. The van der Waals surface area contributed by atoms with Gasteiger partial charge in [0.2, 0.25) is 0 Å². The van der Waals surface area contributed by atoms with Crippen LogP contribution in [0.4, 0.5) is 0 Å². The second kappa shape index (κ2) is 4.53. The SMILES string of the molecule is Cc1csc(-c2n[nH]nc2C(=O)OC(C)(C)C)c1. The summed E-state index contributed by atoms with van der Waals surface area (Å²) in [6.07, 6.45) is 0. The van der Waals surface area contributed by atoms with Gasteiger partial charge in [0.1, 0.15) is 11.3 Å². The predicted molar refractivity (Wildman–Crippen MR) is 69.6 cm³/mol. The standard InChI is InChI=1S/C12H15N3O2S/c1-7-5-8(18-6-7)9-10(14-15-13-9)11(16)17-12(2,3)4/h5-6H,1-4H3,(H,13,14,15). The van der Waals surface area contributed by atoms with E-state index in [4.69, 9.17) is 4.74 Å². The molecule has 0 bridgehead atoms. The molecule has 5 nitrogen and oxygen atoms in total. The second-order valence-corrected chi connectivity index (χ2v) is 5.92. The quantitative estimate of drug-likeness (QED) is 0.848. The molecule has 0 aromatic carbocycles. The molecule has 0 amide bonds. The Morgan fingerprint density at radius 3 is 2.67 bits per heavy atom. The van der Waals surface area contributed by atoms with Gasteiger partial charge in [0, 0.05) is 0 Å². The highest BCUT2D eigenvalue weighted by Gasteiger charge is 2.24. The van der Waals surface area contributed by atoms with Crippen molar-refractivity contribution in [3.05, 3.63) is 22.7 Å². The van der Waals surface area contributed by atoms with Crippen LogP contribution < -0.4 is 0 Å². The number of esters is 1. The van der Waals surface area contributed by atoms with Crippen molar-refractivity contribution in [2.75, 3.05) is 0 Å². The van der Waals surface area contributed by atoms with E-state index in [0.29, 0.717) is 5.69 Å². The smallest absolute Gasteiger partial charge is 0.361 e. The van der Waals surface area contributed by atoms with Gasteiger partial charge in [0.15, 0.2) is 5.69 Å². The van der Waals surface area contributed by atoms with Gasteiger partial charge in [0.05, 0.1) is 4.88 Å². The van der Waals surface area contributed by atoms with Gasteiger partial charge in [0.25, 0.3) is 0 Å². The van der Waals surface area contributed by atoms with E-state index in [1.807, 2.05) is 39.1 Å². The van der Waals surface area contributed by atoms with Gasteiger partial charge in [-0.05, 0) is 44.7 Å². The molecule has 0 aliphatic heterocycles. The minimum Gasteiger partial charge on any atom is -0.455 e. The number of nitrogens with zero attached hydrogens (tertiary/aromatic N) is 2. The average molecular weight is 265 g/mol. The summed E-state index contributed by atoms with van der Waals surface area (Å²) in [5.74, 6) is -0.461. The zero-order valence-corrected chi connectivity index (χ0v) is 11.6. The van der Waals surface area contributed by atoms with Crippen LogP contribution in [0.3, 0.4) is 0 Å². The van der Waals surface area contributed by atoms with Crippen LogP contribution in [0.25, 0.3) is 10.6 Å². The number of hydrogen-bond donors (Lipinski definition) is 1. The van der Waals surface area contributed by atoms with Gasteiger partial charge in [-0.15, -0.1) is 16.4 Å². The summed E-state index contributed by atoms with van der Waals surface area (Å²) in [6.45, 7) is 7.45. The topological polar surface area (TPSA) is 67.9 Å². The van der Waals surface area contributed by atoms with Gasteiger partial charge in [-0.1, -0.05) is 0 Å². The zero-order valence-electron chi connectivity index (χ0n) is 10.8. The third kappa shape index (κ3) is 2.76. The Bertz CT molecular complexity index is 566. The fourth-order valence-electron chi connectivity index (χ4n) is 1.43. The Morgan fingerprint density at radius 2 is 2.11 bits per heavy atom. The Labute approximate surface area is 109 Å². The van der Waals surface area contributed by atoms with Crippen LogP contribution in [0.5, 0.6) is 0 Å². The number of ether oxygens (including phenoxy) is 1. The molecule has 0 fully saturated rings. The van der Waals surface area contributed by atoms with Crippen LogP contribution in [-0.2, 0) is 4.74 Å². The fourth-order valence-corrected chi connectivity index (χ4v) is 2.32. The Kier molecular flexibility index (Phi) is 3.21. The molecule has 96 valence electrons. The van der Waals surface area contributed by atoms with Crippen molar-refractivity contribution in [3.63, 3.8) is 0 Å². The van der Waals surface area contributed by atoms with E-state index in [2.05, 4.69) is 15.4 Å². The predicted octanol–water partition coefficient (Wildman–Crippen LogP) is 2.80. The average Bonchev–Trinajstić information content (AvgIpc) is 2.81. The van der Waals surface area contributed by atoms with Crippen molar-refractivity contribution in [2.45, 2.75) is 33.3 Å². The Hall–Kier alpha value is -1.69. The van der Waals surface area contributed by atoms with Gasteiger partial charge in [-0.2, -0.15) is 10.3 Å². The molecule has 18 heavy (non-hydrogen) atoms. The third-order valence-corrected chi connectivity index (χ3v) is 3.16. The van der Waals surface area contributed by atoms with Crippen LogP contribution in [0.15, 0.2) is 11.4 Å². The largest absolute Gasteiger partial charge is 0.455 e. The first kappa shape index (κ1) is 12.8. The normalized spacial score (nSPS) is 11.6. The number of carbonyl (C=O) groups excluding carboxylic acids is 1. The molecule has 0 aliphatic rings. The molecule has 0 saturated heterocycles. The van der Waals surface area contributed by atoms with Crippen molar-refractivity contribution < 1.29 is 9.53 Å². The number of aromatic amines is 1. The lowest BCUT2D eigenvalue weighted by Crippen LogP contribution is -2.24. The first-order chi connectivity index (χ1) is 8.37. The molecule has 0 spiro atoms. The van der Waals surface area contributed by atoms with E-state index >= 15 is 0 Å². The van der Waals surface area contributed by atoms with Gasteiger partial charge in [-0.25, -0.2) is 4.79 Å². The molecule has 0 atom stereocenters. The van der Waals surface area contributed by atoms with Crippen molar-refractivity contribution in [2.24, 2.45) is 0 Å². The number of H-pyrrole nitrogens is 1. The van der Waals surface area contributed by atoms with E-state index in [1.165, 1.54) is 11.3 Å². The molecule has 0 radical (unpaired) electrons. The molecule has 2 aromatic heterocycles. The molecule has 1 N–H and O–H groups in total. The Morgan fingerprint density at radius 1 is 1.39 bits per heavy atom. The maximum Gasteiger partial charge on any atom is 0.361 e. The summed E-state index contributed by atoms with van der Waals surface area (Å²) in [4.78, 5) is 12.9. The third-order valence-electron chi connectivity index (χ3n) is 2.10. The van der Waals surface area contributed by atoms with Crippen molar-refractivity contribution in [1.29, 1.82) is 0 Å². The summed E-state index contributed by atoms with van der Waals surface area (Å²) in [6, 6.07) is 1.97. The number of rotatable bonds is 2. The molecule has 0 aliphatic carbocycles. The highest BCUT2D eigenvalue weighted by molar-refractivity contribution is 7.13. The number of aromatic nitrogens is 3. The first-order valence-electron chi connectivity index (χ1n) is 5.56. The van der Waals surface area contributed by atoms with E-state index in [9.17, 15) is 4.79 Å². The summed E-state index contributed by atoms with van der Waals surface area (Å²) < 4.78 is 5.29. The van der Waals surface area contributed by atoms with Crippen LogP contribution in [0.2, 0.25) is 0 Å². The second-order valence-electron chi connectivity index (χ2n) is 5.01. The van der Waals surface area contributed by atoms with Crippen molar-refractivity contribution >= 4 is 17.3 Å². The number of nitrogens with one attached hydrogen (secondary N) is 1. The minimum absolute atomic E-state index is 0.228. The van der Waals surface area contributed by atoms with Crippen LogP contribution in [0.1, 0.15) is 36.8 Å². The van der Waals surface area contributed by atoms with E-state index < -0.39 is 11.6 Å². The molecule has 2 heterocycles. The van der Waals surface area contributed by atoms with Crippen LogP contribution in [-0.4, -0.2) is 27.0 Å². The lowest BCUT2D eigenvalue weighted by atomic mass is 10.2. The highest BCUT2D eigenvalue weighted by atomic mass is 32.1. The lowest BCUT2D eigenvalue weighted by molar-refractivity contribution is 0.00638. The number of carbonyl (C=O) groups is 1. The van der Waals surface area contributed by atoms with Crippen LogP contribution in [0, 0.1) is 6.92 Å². The molecule has 2 aromatic rings. The van der Waals surface area contributed by atoms with Crippen molar-refractivity contribution in [3.8, 4) is 10.6 Å². The molecule has 6 heteroatoms. The maximum absolute atomic E-state index is 12.0. The highest BCUT2D eigenvalue weighted by Crippen LogP contribution is 2.27. The van der Waals surface area contributed by atoms with Crippen molar-refractivity contribution in [1.82, 2.24) is 15.4 Å². The molecule has 0 unspecified atom stereocenters. The summed E-state index contributed by atoms with van der Waals surface area (Å²) in [5.41, 5.74) is 1.36. The van der Waals surface area contributed by atoms with Gasteiger partial charge >= 0.3 is 5.97 Å². The molecular formula is C12H15N3O2S. The molecule has 0 saturated carbocycles. The van der Waals surface area contributed by atoms with E-state index in [0.717, 1.165) is 10.4 Å². The van der Waals surface area contributed by atoms with Gasteiger partial charge < -0.3 is 4.74 Å². The van der Waals surface area contributed by atoms with E-state index in [-0.39, 0.29) is 5.69 Å². The molecule has 2 rings (SSSR count). The number of thiophene rings is 1. The minimum atomic E-state index is -0.543. The fraction of sp³-hybridized carbons (Fsp3) is 0.417. The Balaban J connectivity index is 2.31.